The van der Waals surface area contributed by atoms with Crippen LogP contribution in [-0.4, -0.2) is 70.9 Å². The highest BCUT2D eigenvalue weighted by Crippen LogP contribution is 2.12. The Labute approximate surface area is 170 Å². The number of hydrogen-bond donors (Lipinski definition) is 0. The molecule has 154 valence electrons. The molecule has 0 saturated carbocycles. The number of halogens is 1. The Hall–Kier alpha value is -3.03. The SMILES string of the molecule is CC(=O)N(CCC(=O)N1CCN(c2ncccn2)CC1)CCc1ccccc1F. The fourth-order valence-electron chi connectivity index (χ4n) is 3.38. The predicted octanol–water partition coefficient (Wildman–Crippen LogP) is 1.75. The molecule has 2 amide bonds. The zero-order chi connectivity index (χ0) is 20.6. The monoisotopic (exact) mass is 399 g/mol. The van der Waals surface area contributed by atoms with Crippen LogP contribution in [0, 0.1) is 5.82 Å². The topological polar surface area (TPSA) is 69.6 Å². The minimum atomic E-state index is -0.271. The van der Waals surface area contributed by atoms with Crippen molar-refractivity contribution in [3.63, 3.8) is 0 Å². The third-order valence-electron chi connectivity index (χ3n) is 5.12. The number of aromatic nitrogens is 2. The molecule has 1 fully saturated rings. The van der Waals surface area contributed by atoms with Gasteiger partial charge in [0.05, 0.1) is 0 Å². The smallest absolute Gasteiger partial charge is 0.225 e. The van der Waals surface area contributed by atoms with E-state index in [1.807, 2.05) is 4.90 Å². The molecular formula is C21H26FN5O2. The first kappa shape index (κ1) is 20.7. The van der Waals surface area contributed by atoms with Gasteiger partial charge < -0.3 is 14.7 Å². The van der Waals surface area contributed by atoms with Crippen LogP contribution in [0.2, 0.25) is 0 Å². The van der Waals surface area contributed by atoms with Gasteiger partial charge in [0.1, 0.15) is 5.82 Å². The summed E-state index contributed by atoms with van der Waals surface area (Å²) in [6.45, 7) is 4.77. The maximum atomic E-state index is 13.8. The number of nitrogens with zero attached hydrogens (tertiary/aromatic N) is 5. The molecule has 7 nitrogen and oxygen atoms in total. The predicted molar refractivity (Wildman–Crippen MR) is 108 cm³/mol. The van der Waals surface area contributed by atoms with E-state index in [0.29, 0.717) is 57.2 Å². The second-order valence-corrected chi connectivity index (χ2v) is 7.01. The number of carbonyl (C=O) groups excluding carboxylic acids is 2. The fourth-order valence-corrected chi connectivity index (χ4v) is 3.38. The molecule has 1 aliphatic rings. The molecule has 1 aromatic heterocycles. The van der Waals surface area contributed by atoms with Gasteiger partial charge in [0.2, 0.25) is 17.8 Å². The summed E-state index contributed by atoms with van der Waals surface area (Å²) in [4.78, 5) is 38.5. The number of benzene rings is 1. The van der Waals surface area contributed by atoms with Gasteiger partial charge in [-0.3, -0.25) is 9.59 Å². The number of amides is 2. The molecule has 2 aromatic rings. The molecule has 0 spiro atoms. The van der Waals surface area contributed by atoms with Gasteiger partial charge in [-0.2, -0.15) is 0 Å². The first-order valence-electron chi connectivity index (χ1n) is 9.83. The summed E-state index contributed by atoms with van der Waals surface area (Å²) >= 11 is 0. The zero-order valence-corrected chi connectivity index (χ0v) is 16.6. The second kappa shape index (κ2) is 9.95. The summed E-state index contributed by atoms with van der Waals surface area (Å²) in [6, 6.07) is 8.33. The Morgan fingerprint density at radius 3 is 2.38 bits per heavy atom. The quantitative estimate of drug-likeness (QED) is 0.710. The van der Waals surface area contributed by atoms with E-state index in [4.69, 9.17) is 0 Å². The van der Waals surface area contributed by atoms with Crippen molar-refractivity contribution < 1.29 is 14.0 Å². The van der Waals surface area contributed by atoms with E-state index in [9.17, 15) is 14.0 Å². The zero-order valence-electron chi connectivity index (χ0n) is 16.6. The van der Waals surface area contributed by atoms with Crippen molar-refractivity contribution in [2.24, 2.45) is 0 Å². The van der Waals surface area contributed by atoms with Crippen LogP contribution in [-0.2, 0) is 16.0 Å². The second-order valence-electron chi connectivity index (χ2n) is 7.01. The van der Waals surface area contributed by atoms with Crippen LogP contribution in [0.4, 0.5) is 10.3 Å². The molecule has 0 N–H and O–H groups in total. The lowest BCUT2D eigenvalue weighted by Gasteiger charge is -2.35. The van der Waals surface area contributed by atoms with Crippen molar-refractivity contribution in [1.29, 1.82) is 0 Å². The van der Waals surface area contributed by atoms with E-state index in [1.54, 1.807) is 41.6 Å². The molecule has 0 aliphatic carbocycles. The van der Waals surface area contributed by atoms with E-state index >= 15 is 0 Å². The summed E-state index contributed by atoms with van der Waals surface area (Å²) in [5.41, 5.74) is 0.573. The van der Waals surface area contributed by atoms with Gasteiger partial charge in [-0.05, 0) is 24.1 Å². The molecule has 0 unspecified atom stereocenters. The molecule has 2 heterocycles. The molecule has 1 aliphatic heterocycles. The summed E-state index contributed by atoms with van der Waals surface area (Å²) < 4.78 is 13.8. The van der Waals surface area contributed by atoms with Crippen LogP contribution in [0.25, 0.3) is 0 Å². The number of piperazine rings is 1. The van der Waals surface area contributed by atoms with Crippen molar-refractivity contribution in [2.45, 2.75) is 19.8 Å². The van der Waals surface area contributed by atoms with Crippen LogP contribution in [0.15, 0.2) is 42.7 Å². The van der Waals surface area contributed by atoms with E-state index in [0.717, 1.165) is 0 Å². The third kappa shape index (κ3) is 5.73. The van der Waals surface area contributed by atoms with E-state index in [1.165, 1.54) is 13.0 Å². The minimum absolute atomic E-state index is 0.0239. The Bertz CT molecular complexity index is 825. The summed E-state index contributed by atoms with van der Waals surface area (Å²) in [5, 5.41) is 0. The minimum Gasteiger partial charge on any atom is -0.342 e. The highest BCUT2D eigenvalue weighted by molar-refractivity contribution is 5.78. The lowest BCUT2D eigenvalue weighted by molar-refractivity contribution is -0.133. The lowest BCUT2D eigenvalue weighted by Crippen LogP contribution is -2.49. The van der Waals surface area contributed by atoms with Gasteiger partial charge in [-0.25, -0.2) is 14.4 Å². The van der Waals surface area contributed by atoms with Gasteiger partial charge in [0.15, 0.2) is 0 Å². The van der Waals surface area contributed by atoms with Crippen molar-refractivity contribution in [3.8, 4) is 0 Å². The van der Waals surface area contributed by atoms with Crippen molar-refractivity contribution in [2.75, 3.05) is 44.2 Å². The molecule has 29 heavy (non-hydrogen) atoms. The number of anilines is 1. The van der Waals surface area contributed by atoms with Crippen molar-refractivity contribution >= 4 is 17.8 Å². The Balaban J connectivity index is 1.45. The van der Waals surface area contributed by atoms with Gasteiger partial charge in [0, 0.05) is 65.0 Å². The highest BCUT2D eigenvalue weighted by Gasteiger charge is 2.23. The maximum Gasteiger partial charge on any atom is 0.225 e. The van der Waals surface area contributed by atoms with Crippen molar-refractivity contribution in [1.82, 2.24) is 19.8 Å². The molecule has 8 heteroatoms. The van der Waals surface area contributed by atoms with Gasteiger partial charge in [-0.15, -0.1) is 0 Å². The third-order valence-corrected chi connectivity index (χ3v) is 5.12. The molecular weight excluding hydrogens is 373 g/mol. The maximum absolute atomic E-state index is 13.8. The Kier molecular flexibility index (Phi) is 7.10. The molecule has 1 saturated heterocycles. The fraction of sp³-hybridized carbons (Fsp3) is 0.429. The van der Waals surface area contributed by atoms with Crippen LogP contribution >= 0.6 is 0 Å². The lowest BCUT2D eigenvalue weighted by atomic mass is 10.1. The Morgan fingerprint density at radius 2 is 1.72 bits per heavy atom. The number of rotatable bonds is 7. The first-order chi connectivity index (χ1) is 14.0. The van der Waals surface area contributed by atoms with Gasteiger partial charge >= 0.3 is 0 Å². The van der Waals surface area contributed by atoms with Gasteiger partial charge in [-0.1, -0.05) is 18.2 Å². The van der Waals surface area contributed by atoms with Crippen LogP contribution in [0.1, 0.15) is 18.9 Å². The molecule has 3 rings (SSSR count). The summed E-state index contributed by atoms with van der Waals surface area (Å²) in [7, 11) is 0. The van der Waals surface area contributed by atoms with Crippen molar-refractivity contribution in [3.05, 3.63) is 54.1 Å². The first-order valence-corrected chi connectivity index (χ1v) is 9.83. The molecule has 0 radical (unpaired) electrons. The van der Waals surface area contributed by atoms with Crippen LogP contribution in [0.5, 0.6) is 0 Å². The average Bonchev–Trinajstić information content (AvgIpc) is 2.75. The van der Waals surface area contributed by atoms with Crippen LogP contribution in [0.3, 0.4) is 0 Å². The van der Waals surface area contributed by atoms with Crippen LogP contribution < -0.4 is 4.90 Å². The number of carbonyl (C=O) groups is 2. The van der Waals surface area contributed by atoms with E-state index < -0.39 is 0 Å². The molecule has 0 bridgehead atoms. The summed E-state index contributed by atoms with van der Waals surface area (Å²) in [6.07, 6.45) is 4.10. The molecule has 0 atom stereocenters. The highest BCUT2D eigenvalue weighted by atomic mass is 19.1. The van der Waals surface area contributed by atoms with E-state index in [-0.39, 0.29) is 24.1 Å². The van der Waals surface area contributed by atoms with Gasteiger partial charge in [0.25, 0.3) is 0 Å². The Morgan fingerprint density at radius 1 is 1.03 bits per heavy atom. The normalized spacial score (nSPS) is 14.0. The van der Waals surface area contributed by atoms with E-state index in [2.05, 4.69) is 14.9 Å². The average molecular weight is 399 g/mol. The summed E-state index contributed by atoms with van der Waals surface area (Å²) in [5.74, 6) is 0.318. The molecule has 1 aromatic carbocycles. The standard InChI is InChI=1S/C21H26FN5O2/c1-17(28)25(11-7-18-5-2-3-6-19(18)22)12-8-20(29)26-13-15-27(16-14-26)21-23-9-4-10-24-21/h2-6,9-10H,7-8,11-16H2,1H3. The largest absolute Gasteiger partial charge is 0.342 e. The number of hydrogen-bond acceptors (Lipinski definition) is 5.